The zero-order valence-electron chi connectivity index (χ0n) is 10.8. The monoisotopic (exact) mass is 234 g/mol. The maximum atomic E-state index is 5.12. The van der Waals surface area contributed by atoms with E-state index in [1.54, 1.807) is 7.11 Å². The molecule has 0 radical (unpaired) electrons. The van der Waals surface area contributed by atoms with Crippen LogP contribution in [0.15, 0.2) is 18.2 Å². The molecule has 0 spiro atoms. The van der Waals surface area contributed by atoms with Gasteiger partial charge in [0.2, 0.25) is 5.88 Å². The van der Waals surface area contributed by atoms with Crippen LogP contribution < -0.4 is 10.1 Å². The number of rotatable bonds is 4. The summed E-state index contributed by atoms with van der Waals surface area (Å²) in [7, 11) is 1.66. The summed E-state index contributed by atoms with van der Waals surface area (Å²) in [5, 5.41) is 3.60. The van der Waals surface area contributed by atoms with Crippen LogP contribution in [-0.2, 0) is 6.54 Å². The Hall–Kier alpha value is -1.09. The van der Waals surface area contributed by atoms with Crippen molar-refractivity contribution in [1.82, 2.24) is 10.3 Å². The fourth-order valence-corrected chi connectivity index (χ4v) is 2.54. The number of nitrogens with one attached hydrogen (secondary N) is 1. The van der Waals surface area contributed by atoms with Crippen molar-refractivity contribution in [3.05, 3.63) is 23.9 Å². The molecule has 2 rings (SSSR count). The summed E-state index contributed by atoms with van der Waals surface area (Å²) in [6.07, 6.45) is 5.33. The van der Waals surface area contributed by atoms with E-state index in [-0.39, 0.29) is 0 Å². The van der Waals surface area contributed by atoms with E-state index in [0.29, 0.717) is 11.9 Å². The van der Waals surface area contributed by atoms with Gasteiger partial charge in [-0.1, -0.05) is 25.8 Å². The van der Waals surface area contributed by atoms with Gasteiger partial charge in [-0.05, 0) is 24.8 Å². The van der Waals surface area contributed by atoms with Gasteiger partial charge in [0.1, 0.15) is 0 Å². The van der Waals surface area contributed by atoms with Crippen LogP contribution in [0.2, 0.25) is 0 Å². The van der Waals surface area contributed by atoms with Gasteiger partial charge in [0.05, 0.1) is 12.8 Å². The normalized spacial score (nSPS) is 24.6. The molecule has 1 saturated carbocycles. The highest BCUT2D eigenvalue weighted by Crippen LogP contribution is 2.23. The van der Waals surface area contributed by atoms with Crippen molar-refractivity contribution in [1.29, 1.82) is 0 Å². The first-order valence-corrected chi connectivity index (χ1v) is 6.51. The van der Waals surface area contributed by atoms with Crippen LogP contribution in [0.3, 0.4) is 0 Å². The van der Waals surface area contributed by atoms with Crippen molar-refractivity contribution in [3.63, 3.8) is 0 Å². The maximum Gasteiger partial charge on any atom is 0.213 e. The Morgan fingerprint density at radius 3 is 3.06 bits per heavy atom. The van der Waals surface area contributed by atoms with E-state index >= 15 is 0 Å². The Kier molecular flexibility index (Phi) is 4.37. The minimum absolute atomic E-state index is 0.659. The molecule has 1 aromatic heterocycles. The first-order chi connectivity index (χ1) is 8.28. The lowest BCUT2D eigenvalue weighted by atomic mass is 9.87. The third-order valence-corrected chi connectivity index (χ3v) is 3.50. The predicted octanol–water partition coefficient (Wildman–Crippen LogP) is 2.76. The molecule has 1 aromatic rings. The molecule has 3 heteroatoms. The molecule has 1 heterocycles. The van der Waals surface area contributed by atoms with Crippen molar-refractivity contribution < 1.29 is 4.74 Å². The molecular formula is C14H22N2O. The molecule has 17 heavy (non-hydrogen) atoms. The van der Waals surface area contributed by atoms with Gasteiger partial charge in [-0.15, -0.1) is 0 Å². The Morgan fingerprint density at radius 2 is 2.29 bits per heavy atom. The number of ether oxygens (including phenoxy) is 1. The molecule has 94 valence electrons. The summed E-state index contributed by atoms with van der Waals surface area (Å²) >= 11 is 0. The van der Waals surface area contributed by atoms with Crippen molar-refractivity contribution in [3.8, 4) is 5.88 Å². The summed E-state index contributed by atoms with van der Waals surface area (Å²) in [5.74, 6) is 1.56. The van der Waals surface area contributed by atoms with E-state index < -0.39 is 0 Å². The lowest BCUT2D eigenvalue weighted by Crippen LogP contribution is -2.33. The summed E-state index contributed by atoms with van der Waals surface area (Å²) in [5.41, 5.74) is 1.06. The van der Waals surface area contributed by atoms with Gasteiger partial charge in [-0.2, -0.15) is 0 Å². The third-order valence-electron chi connectivity index (χ3n) is 3.50. The Balaban J connectivity index is 1.84. The van der Waals surface area contributed by atoms with Crippen LogP contribution >= 0.6 is 0 Å². The second-order valence-electron chi connectivity index (χ2n) is 5.02. The molecule has 2 unspecified atom stereocenters. The predicted molar refractivity (Wildman–Crippen MR) is 69.0 cm³/mol. The van der Waals surface area contributed by atoms with Crippen molar-refractivity contribution in [2.75, 3.05) is 7.11 Å². The Labute approximate surface area is 104 Å². The van der Waals surface area contributed by atoms with Crippen LogP contribution in [0.4, 0.5) is 0 Å². The quantitative estimate of drug-likeness (QED) is 0.870. The van der Waals surface area contributed by atoms with Gasteiger partial charge in [0, 0.05) is 18.7 Å². The van der Waals surface area contributed by atoms with E-state index in [1.807, 2.05) is 18.2 Å². The summed E-state index contributed by atoms with van der Waals surface area (Å²) in [6.45, 7) is 3.19. The molecular weight excluding hydrogens is 212 g/mol. The number of aromatic nitrogens is 1. The molecule has 0 amide bonds. The second kappa shape index (κ2) is 6.01. The average Bonchev–Trinajstić information content (AvgIpc) is 2.37. The van der Waals surface area contributed by atoms with Crippen molar-refractivity contribution in [2.24, 2.45) is 5.92 Å². The van der Waals surface area contributed by atoms with Crippen LogP contribution in [0, 0.1) is 5.92 Å². The average molecular weight is 234 g/mol. The van der Waals surface area contributed by atoms with E-state index in [0.717, 1.165) is 18.2 Å². The number of methoxy groups -OCH3 is 1. The molecule has 3 nitrogen and oxygen atoms in total. The highest BCUT2D eigenvalue weighted by Gasteiger charge is 2.18. The molecule has 2 atom stereocenters. The minimum Gasteiger partial charge on any atom is -0.481 e. The molecule has 0 saturated heterocycles. The largest absolute Gasteiger partial charge is 0.481 e. The summed E-state index contributed by atoms with van der Waals surface area (Å²) < 4.78 is 5.12. The Bertz CT molecular complexity index is 354. The van der Waals surface area contributed by atoms with E-state index in [4.69, 9.17) is 4.74 Å². The van der Waals surface area contributed by atoms with Gasteiger partial charge in [0.15, 0.2) is 0 Å². The first kappa shape index (κ1) is 12.4. The lowest BCUT2D eigenvalue weighted by Gasteiger charge is -2.27. The van der Waals surface area contributed by atoms with Crippen molar-refractivity contribution in [2.45, 2.75) is 45.2 Å². The van der Waals surface area contributed by atoms with Crippen LogP contribution in [-0.4, -0.2) is 18.1 Å². The van der Waals surface area contributed by atoms with E-state index in [9.17, 15) is 0 Å². The Morgan fingerprint density at radius 1 is 1.41 bits per heavy atom. The minimum atomic E-state index is 0.659. The summed E-state index contributed by atoms with van der Waals surface area (Å²) in [6, 6.07) is 6.58. The number of pyridine rings is 1. The molecule has 1 fully saturated rings. The fraction of sp³-hybridized carbons (Fsp3) is 0.643. The topological polar surface area (TPSA) is 34.1 Å². The van der Waals surface area contributed by atoms with Crippen LogP contribution in [0.1, 0.15) is 38.3 Å². The zero-order valence-corrected chi connectivity index (χ0v) is 10.8. The molecule has 0 aliphatic heterocycles. The second-order valence-corrected chi connectivity index (χ2v) is 5.02. The highest BCUT2D eigenvalue weighted by atomic mass is 16.5. The van der Waals surface area contributed by atoms with E-state index in [2.05, 4.69) is 17.2 Å². The SMILES string of the molecule is COc1cccc(CNC2CCCC(C)C2)n1. The molecule has 1 N–H and O–H groups in total. The molecule has 0 aromatic carbocycles. The van der Waals surface area contributed by atoms with Gasteiger partial charge >= 0.3 is 0 Å². The number of nitrogens with zero attached hydrogens (tertiary/aromatic N) is 1. The van der Waals surface area contributed by atoms with Gasteiger partial charge in [-0.3, -0.25) is 0 Å². The molecule has 0 bridgehead atoms. The fourth-order valence-electron chi connectivity index (χ4n) is 2.54. The van der Waals surface area contributed by atoms with Crippen LogP contribution in [0.25, 0.3) is 0 Å². The molecule has 1 aliphatic carbocycles. The number of hydrogen-bond acceptors (Lipinski definition) is 3. The number of hydrogen-bond donors (Lipinski definition) is 1. The lowest BCUT2D eigenvalue weighted by molar-refractivity contribution is 0.299. The standard InChI is InChI=1S/C14H22N2O/c1-11-5-3-6-12(9-11)15-10-13-7-4-8-14(16-13)17-2/h4,7-8,11-12,15H,3,5-6,9-10H2,1-2H3. The van der Waals surface area contributed by atoms with Gasteiger partial charge < -0.3 is 10.1 Å². The van der Waals surface area contributed by atoms with E-state index in [1.165, 1.54) is 25.7 Å². The van der Waals surface area contributed by atoms with Gasteiger partial charge in [-0.25, -0.2) is 4.98 Å². The van der Waals surface area contributed by atoms with Crippen molar-refractivity contribution >= 4 is 0 Å². The van der Waals surface area contributed by atoms with Gasteiger partial charge in [0.25, 0.3) is 0 Å². The van der Waals surface area contributed by atoms with Crippen LogP contribution in [0.5, 0.6) is 5.88 Å². The smallest absolute Gasteiger partial charge is 0.213 e. The highest BCUT2D eigenvalue weighted by molar-refractivity contribution is 5.15. The molecule has 1 aliphatic rings. The maximum absolute atomic E-state index is 5.12. The first-order valence-electron chi connectivity index (χ1n) is 6.51. The zero-order chi connectivity index (χ0) is 12.1. The summed E-state index contributed by atoms with van der Waals surface area (Å²) in [4.78, 5) is 4.41. The third kappa shape index (κ3) is 3.70.